The van der Waals surface area contributed by atoms with Gasteiger partial charge in [-0.25, -0.2) is 8.42 Å². The highest BCUT2D eigenvalue weighted by Gasteiger charge is 2.21. The number of nitrogens with one attached hydrogen (secondary N) is 1. The average molecular weight is 309 g/mol. The molecule has 0 saturated carbocycles. The maximum atomic E-state index is 12.2. The lowest BCUT2D eigenvalue weighted by atomic mass is 10.0. The molecule has 0 spiro atoms. The number of hydrogen-bond donors (Lipinski definition) is 2. The zero-order valence-electron chi connectivity index (χ0n) is 12.1. The molecule has 7 heteroatoms. The first kappa shape index (κ1) is 17.1. The Labute approximate surface area is 124 Å². The second-order valence-corrected chi connectivity index (χ2v) is 7.52. The molecule has 0 radical (unpaired) electrons. The molecule has 1 amide bonds. The third-order valence-electron chi connectivity index (χ3n) is 2.91. The number of nitrogens with two attached hydrogens (primary N) is 1. The van der Waals surface area contributed by atoms with Crippen molar-refractivity contribution in [1.29, 1.82) is 5.26 Å². The summed E-state index contributed by atoms with van der Waals surface area (Å²) in [6.45, 7) is 3.75. The molecule has 0 aliphatic rings. The zero-order chi connectivity index (χ0) is 16.1. The van der Waals surface area contributed by atoms with Crippen LogP contribution in [0.1, 0.15) is 25.8 Å². The number of nitrogens with zero attached hydrogens (tertiary/aromatic N) is 1. The minimum absolute atomic E-state index is 0.121. The van der Waals surface area contributed by atoms with Crippen LogP contribution < -0.4 is 11.1 Å². The number of hydrogen-bond acceptors (Lipinski definition) is 5. The van der Waals surface area contributed by atoms with Crippen LogP contribution in [0.4, 0.5) is 0 Å². The van der Waals surface area contributed by atoms with Crippen molar-refractivity contribution >= 4 is 15.7 Å². The number of rotatable bonds is 7. The first-order chi connectivity index (χ1) is 9.66. The Balaban J connectivity index is 2.70. The molecular formula is C14H19N3O3S. The second kappa shape index (κ2) is 6.70. The molecule has 0 saturated heterocycles. The molecule has 114 valence electrons. The number of sulfone groups is 1. The zero-order valence-corrected chi connectivity index (χ0v) is 12.9. The van der Waals surface area contributed by atoms with Gasteiger partial charge in [0, 0.05) is 18.5 Å². The number of primary amides is 1. The normalized spacial score (nSPS) is 11.9. The molecule has 0 fully saturated rings. The van der Waals surface area contributed by atoms with Crippen LogP contribution in [0.15, 0.2) is 29.2 Å². The summed E-state index contributed by atoms with van der Waals surface area (Å²) in [7, 11) is -3.47. The molecule has 0 bridgehead atoms. The van der Waals surface area contributed by atoms with Crippen molar-refractivity contribution in [3.05, 3.63) is 29.8 Å². The lowest BCUT2D eigenvalue weighted by molar-refractivity contribution is -0.119. The Morgan fingerprint density at radius 3 is 2.67 bits per heavy atom. The SMILES string of the molecule is CC(C)(CC(N)=O)NCCS(=O)(=O)c1cccc(C#N)c1. The molecule has 0 heterocycles. The standard InChI is InChI=1S/C14H19N3O3S/c1-14(2,9-13(16)18)17-6-7-21(19,20)12-5-3-4-11(8-12)10-15/h3-5,8,17H,6-7,9H2,1-2H3,(H2,16,18). The molecule has 0 aliphatic heterocycles. The number of carbonyl (C=O) groups is 1. The summed E-state index contributed by atoms with van der Waals surface area (Å²) in [5, 5.41) is 11.8. The smallest absolute Gasteiger partial charge is 0.219 e. The van der Waals surface area contributed by atoms with E-state index >= 15 is 0 Å². The molecule has 0 aliphatic carbocycles. The molecule has 3 N–H and O–H groups in total. The van der Waals surface area contributed by atoms with E-state index in [-0.39, 0.29) is 23.6 Å². The van der Waals surface area contributed by atoms with Gasteiger partial charge in [0.15, 0.2) is 9.84 Å². The van der Waals surface area contributed by atoms with E-state index in [2.05, 4.69) is 5.32 Å². The van der Waals surface area contributed by atoms with Gasteiger partial charge in [-0.1, -0.05) is 6.07 Å². The molecule has 0 atom stereocenters. The summed E-state index contributed by atoms with van der Waals surface area (Å²) in [6, 6.07) is 7.81. The van der Waals surface area contributed by atoms with Gasteiger partial charge >= 0.3 is 0 Å². The molecule has 1 aromatic rings. The minimum atomic E-state index is -3.47. The summed E-state index contributed by atoms with van der Waals surface area (Å²) < 4.78 is 24.3. The number of amides is 1. The first-order valence-electron chi connectivity index (χ1n) is 6.42. The van der Waals surface area contributed by atoms with Crippen LogP contribution in [0.5, 0.6) is 0 Å². The molecule has 21 heavy (non-hydrogen) atoms. The lowest BCUT2D eigenvalue weighted by Gasteiger charge is -2.24. The van der Waals surface area contributed by atoms with E-state index in [1.54, 1.807) is 19.9 Å². The maximum absolute atomic E-state index is 12.2. The van der Waals surface area contributed by atoms with Crippen molar-refractivity contribution in [2.75, 3.05) is 12.3 Å². The van der Waals surface area contributed by atoms with Gasteiger partial charge in [0.25, 0.3) is 0 Å². The Bertz CT molecular complexity index is 660. The third-order valence-corrected chi connectivity index (χ3v) is 4.63. The third kappa shape index (κ3) is 5.53. The van der Waals surface area contributed by atoms with Crippen LogP contribution in [-0.4, -0.2) is 32.2 Å². The summed E-state index contributed by atoms with van der Waals surface area (Å²) in [5.41, 5.74) is 4.88. The topological polar surface area (TPSA) is 113 Å². The Hall–Kier alpha value is -1.91. The highest BCUT2D eigenvalue weighted by Crippen LogP contribution is 2.13. The van der Waals surface area contributed by atoms with E-state index in [0.717, 1.165) is 0 Å². The van der Waals surface area contributed by atoms with Crippen molar-refractivity contribution < 1.29 is 13.2 Å². The molecule has 0 aromatic heterocycles. The average Bonchev–Trinajstić information content (AvgIpc) is 2.36. The molecule has 6 nitrogen and oxygen atoms in total. The van der Waals surface area contributed by atoms with E-state index in [9.17, 15) is 13.2 Å². The van der Waals surface area contributed by atoms with E-state index in [1.165, 1.54) is 18.2 Å². The molecular weight excluding hydrogens is 290 g/mol. The Morgan fingerprint density at radius 1 is 1.43 bits per heavy atom. The van der Waals surface area contributed by atoms with Gasteiger partial charge in [0.1, 0.15) is 0 Å². The van der Waals surface area contributed by atoms with Gasteiger partial charge in [-0.3, -0.25) is 4.79 Å². The highest BCUT2D eigenvalue weighted by molar-refractivity contribution is 7.91. The minimum Gasteiger partial charge on any atom is -0.370 e. The predicted octanol–water partition coefficient (Wildman–Crippen LogP) is 0.576. The number of carbonyl (C=O) groups excluding carboxylic acids is 1. The van der Waals surface area contributed by atoms with Crippen LogP contribution in [0, 0.1) is 11.3 Å². The van der Waals surface area contributed by atoms with Gasteiger partial charge in [-0.15, -0.1) is 0 Å². The van der Waals surface area contributed by atoms with Gasteiger partial charge in [-0.05, 0) is 32.0 Å². The van der Waals surface area contributed by atoms with Crippen molar-refractivity contribution in [1.82, 2.24) is 5.32 Å². The molecule has 1 aromatic carbocycles. The van der Waals surface area contributed by atoms with Crippen molar-refractivity contribution in [2.45, 2.75) is 30.7 Å². The number of benzene rings is 1. The van der Waals surface area contributed by atoms with Crippen molar-refractivity contribution in [2.24, 2.45) is 5.73 Å². The van der Waals surface area contributed by atoms with E-state index in [0.29, 0.717) is 5.56 Å². The monoisotopic (exact) mass is 309 g/mol. The second-order valence-electron chi connectivity index (χ2n) is 5.41. The quantitative estimate of drug-likeness (QED) is 0.764. The highest BCUT2D eigenvalue weighted by atomic mass is 32.2. The van der Waals surface area contributed by atoms with Crippen LogP contribution in [0.25, 0.3) is 0 Å². The summed E-state index contributed by atoms with van der Waals surface area (Å²) in [5.74, 6) is -0.568. The fourth-order valence-corrected chi connectivity index (χ4v) is 3.10. The summed E-state index contributed by atoms with van der Waals surface area (Å²) in [6.07, 6.45) is 0.122. The van der Waals surface area contributed by atoms with Crippen molar-refractivity contribution in [3.8, 4) is 6.07 Å². The van der Waals surface area contributed by atoms with Gasteiger partial charge in [-0.2, -0.15) is 5.26 Å². The summed E-state index contributed by atoms with van der Waals surface area (Å²) >= 11 is 0. The molecule has 1 rings (SSSR count). The van der Waals surface area contributed by atoms with E-state index < -0.39 is 21.3 Å². The van der Waals surface area contributed by atoms with Crippen molar-refractivity contribution in [3.63, 3.8) is 0 Å². The predicted molar refractivity (Wildman–Crippen MR) is 79.1 cm³/mol. The number of nitriles is 1. The van der Waals surface area contributed by atoms with Crippen LogP contribution in [0.2, 0.25) is 0 Å². The Morgan fingerprint density at radius 2 is 2.10 bits per heavy atom. The largest absolute Gasteiger partial charge is 0.370 e. The van der Waals surface area contributed by atoms with E-state index in [4.69, 9.17) is 11.0 Å². The van der Waals surface area contributed by atoms with Gasteiger partial charge in [0.05, 0.1) is 22.3 Å². The van der Waals surface area contributed by atoms with Crippen LogP contribution in [0.3, 0.4) is 0 Å². The van der Waals surface area contributed by atoms with Gasteiger partial charge < -0.3 is 11.1 Å². The lowest BCUT2D eigenvalue weighted by Crippen LogP contribution is -2.44. The molecule has 0 unspecified atom stereocenters. The maximum Gasteiger partial charge on any atom is 0.219 e. The summed E-state index contributed by atoms with van der Waals surface area (Å²) in [4.78, 5) is 11.0. The van der Waals surface area contributed by atoms with Crippen LogP contribution >= 0.6 is 0 Å². The fourth-order valence-electron chi connectivity index (χ4n) is 1.90. The van der Waals surface area contributed by atoms with E-state index in [1.807, 2.05) is 6.07 Å². The fraction of sp³-hybridized carbons (Fsp3) is 0.429. The first-order valence-corrected chi connectivity index (χ1v) is 8.08. The van der Waals surface area contributed by atoms with Crippen LogP contribution in [-0.2, 0) is 14.6 Å². The van der Waals surface area contributed by atoms with Gasteiger partial charge in [0.2, 0.25) is 5.91 Å². The Kier molecular flexibility index (Phi) is 5.47.